The van der Waals surface area contributed by atoms with Crippen molar-refractivity contribution in [1.82, 2.24) is 9.78 Å². The number of nitrogens with zero attached hydrogens (tertiary/aromatic N) is 3. The summed E-state index contributed by atoms with van der Waals surface area (Å²) in [5.74, 6) is 0.454. The zero-order valence-corrected chi connectivity index (χ0v) is 10.6. The van der Waals surface area contributed by atoms with Crippen molar-refractivity contribution >= 4 is 5.82 Å². The standard InChI is InChI=1S/C14H16N4/c1-3-13-12(8-15)14(16)18(17-13)9-11-6-4-5-10(2)7-11/h4-7H,3,9,16H2,1-2H3. The molecule has 18 heavy (non-hydrogen) atoms. The summed E-state index contributed by atoms with van der Waals surface area (Å²) in [6.45, 7) is 4.62. The van der Waals surface area contributed by atoms with Crippen molar-refractivity contribution in [3.63, 3.8) is 0 Å². The Morgan fingerprint density at radius 2 is 2.22 bits per heavy atom. The van der Waals surface area contributed by atoms with Crippen LogP contribution in [0.4, 0.5) is 5.82 Å². The Hall–Kier alpha value is -2.28. The number of anilines is 1. The summed E-state index contributed by atoms with van der Waals surface area (Å²) in [6.07, 6.45) is 0.716. The minimum atomic E-state index is 0.454. The van der Waals surface area contributed by atoms with Crippen LogP contribution in [0.25, 0.3) is 0 Å². The Labute approximate surface area is 107 Å². The van der Waals surface area contributed by atoms with Crippen LogP contribution in [0.3, 0.4) is 0 Å². The van der Waals surface area contributed by atoms with E-state index in [2.05, 4.69) is 17.2 Å². The van der Waals surface area contributed by atoms with Gasteiger partial charge in [-0.15, -0.1) is 0 Å². The molecule has 2 rings (SSSR count). The fourth-order valence-electron chi connectivity index (χ4n) is 2.00. The lowest BCUT2D eigenvalue weighted by atomic mass is 10.1. The lowest BCUT2D eigenvalue weighted by molar-refractivity contribution is 0.682. The topological polar surface area (TPSA) is 67.6 Å². The van der Waals surface area contributed by atoms with Gasteiger partial charge in [0.2, 0.25) is 0 Å². The van der Waals surface area contributed by atoms with E-state index in [9.17, 15) is 0 Å². The molecule has 92 valence electrons. The van der Waals surface area contributed by atoms with Crippen LogP contribution < -0.4 is 5.73 Å². The number of hydrogen-bond donors (Lipinski definition) is 1. The Morgan fingerprint density at radius 1 is 1.44 bits per heavy atom. The number of nitrogen functional groups attached to an aromatic ring is 1. The second-order valence-electron chi connectivity index (χ2n) is 4.32. The molecule has 1 heterocycles. The van der Waals surface area contributed by atoms with Gasteiger partial charge in [0.1, 0.15) is 17.5 Å². The average Bonchev–Trinajstić information content (AvgIpc) is 2.66. The number of aromatic nitrogens is 2. The van der Waals surface area contributed by atoms with Crippen LogP contribution in [0.5, 0.6) is 0 Å². The van der Waals surface area contributed by atoms with Crippen LogP contribution in [0.15, 0.2) is 24.3 Å². The molecule has 0 atom stereocenters. The quantitative estimate of drug-likeness (QED) is 0.894. The van der Waals surface area contributed by atoms with Crippen molar-refractivity contribution in [3.8, 4) is 6.07 Å². The third-order valence-electron chi connectivity index (χ3n) is 2.93. The first kappa shape index (κ1) is 12.2. The highest BCUT2D eigenvalue weighted by Gasteiger charge is 2.13. The number of nitriles is 1. The van der Waals surface area contributed by atoms with Gasteiger partial charge in [-0.05, 0) is 18.9 Å². The molecule has 2 N–H and O–H groups in total. The third kappa shape index (κ3) is 2.21. The highest BCUT2D eigenvalue weighted by atomic mass is 15.3. The van der Waals surface area contributed by atoms with Crippen molar-refractivity contribution in [2.75, 3.05) is 5.73 Å². The largest absolute Gasteiger partial charge is 0.383 e. The van der Waals surface area contributed by atoms with Crippen molar-refractivity contribution < 1.29 is 0 Å². The predicted molar refractivity (Wildman–Crippen MR) is 71.0 cm³/mol. The molecule has 0 saturated carbocycles. The van der Waals surface area contributed by atoms with Gasteiger partial charge >= 0.3 is 0 Å². The van der Waals surface area contributed by atoms with Gasteiger partial charge in [0.15, 0.2) is 0 Å². The maximum atomic E-state index is 9.07. The smallest absolute Gasteiger partial charge is 0.140 e. The van der Waals surface area contributed by atoms with Crippen LogP contribution in [-0.4, -0.2) is 9.78 Å². The number of hydrogen-bond acceptors (Lipinski definition) is 3. The van der Waals surface area contributed by atoms with Gasteiger partial charge in [0, 0.05) is 0 Å². The first-order chi connectivity index (χ1) is 8.65. The summed E-state index contributed by atoms with van der Waals surface area (Å²) >= 11 is 0. The predicted octanol–water partition coefficient (Wildman–Crippen LogP) is 2.26. The van der Waals surface area contributed by atoms with Crippen molar-refractivity contribution in [1.29, 1.82) is 5.26 Å². The van der Waals surface area contributed by atoms with E-state index in [1.807, 2.05) is 32.0 Å². The molecule has 2 aromatic rings. The Morgan fingerprint density at radius 3 is 2.78 bits per heavy atom. The first-order valence-electron chi connectivity index (χ1n) is 5.96. The van der Waals surface area contributed by atoms with Gasteiger partial charge in [0.05, 0.1) is 12.2 Å². The summed E-state index contributed by atoms with van der Waals surface area (Å²) in [7, 11) is 0. The summed E-state index contributed by atoms with van der Waals surface area (Å²) < 4.78 is 1.70. The molecule has 4 heteroatoms. The van der Waals surface area contributed by atoms with Crippen LogP contribution in [-0.2, 0) is 13.0 Å². The van der Waals surface area contributed by atoms with Gasteiger partial charge in [-0.3, -0.25) is 0 Å². The fraction of sp³-hybridized carbons (Fsp3) is 0.286. The molecule has 0 unspecified atom stereocenters. The van der Waals surface area contributed by atoms with Crippen molar-refractivity contribution in [3.05, 3.63) is 46.6 Å². The number of aryl methyl sites for hydroxylation is 2. The second kappa shape index (κ2) is 4.92. The molecule has 0 amide bonds. The van der Waals surface area contributed by atoms with Crippen LogP contribution >= 0.6 is 0 Å². The molecule has 0 fully saturated rings. The van der Waals surface area contributed by atoms with Crippen LogP contribution in [0.1, 0.15) is 29.3 Å². The Bertz CT molecular complexity index is 605. The summed E-state index contributed by atoms with van der Waals surface area (Å²) in [5.41, 5.74) is 9.56. The van der Waals surface area contributed by atoms with Crippen LogP contribution in [0.2, 0.25) is 0 Å². The summed E-state index contributed by atoms with van der Waals surface area (Å²) in [4.78, 5) is 0. The molecule has 0 bridgehead atoms. The average molecular weight is 240 g/mol. The highest BCUT2D eigenvalue weighted by Crippen LogP contribution is 2.18. The lowest BCUT2D eigenvalue weighted by Crippen LogP contribution is -2.06. The monoisotopic (exact) mass is 240 g/mol. The van der Waals surface area contributed by atoms with Gasteiger partial charge in [-0.2, -0.15) is 10.4 Å². The molecule has 0 aliphatic rings. The van der Waals surface area contributed by atoms with E-state index in [0.717, 1.165) is 11.3 Å². The Balaban J connectivity index is 2.36. The SMILES string of the molecule is CCc1nn(Cc2cccc(C)c2)c(N)c1C#N. The van der Waals surface area contributed by atoms with E-state index in [0.29, 0.717) is 24.3 Å². The van der Waals surface area contributed by atoms with Gasteiger partial charge in [0.25, 0.3) is 0 Å². The lowest BCUT2D eigenvalue weighted by Gasteiger charge is -2.05. The van der Waals surface area contributed by atoms with Crippen molar-refractivity contribution in [2.45, 2.75) is 26.8 Å². The molecule has 1 aromatic carbocycles. The van der Waals surface area contributed by atoms with E-state index >= 15 is 0 Å². The number of benzene rings is 1. The first-order valence-corrected chi connectivity index (χ1v) is 5.96. The van der Waals surface area contributed by atoms with E-state index in [1.54, 1.807) is 4.68 Å². The van der Waals surface area contributed by atoms with Gasteiger partial charge < -0.3 is 5.73 Å². The Kier molecular flexibility index (Phi) is 3.33. The van der Waals surface area contributed by atoms with Crippen molar-refractivity contribution in [2.24, 2.45) is 0 Å². The van der Waals surface area contributed by atoms with Gasteiger partial charge in [-0.1, -0.05) is 36.8 Å². The minimum absolute atomic E-state index is 0.454. The maximum Gasteiger partial charge on any atom is 0.140 e. The van der Waals surface area contributed by atoms with Gasteiger partial charge in [-0.25, -0.2) is 4.68 Å². The highest BCUT2D eigenvalue weighted by molar-refractivity contribution is 5.52. The third-order valence-corrected chi connectivity index (χ3v) is 2.93. The molecular formula is C14H16N4. The maximum absolute atomic E-state index is 9.07. The van der Waals surface area contributed by atoms with Crippen LogP contribution in [0, 0.1) is 18.3 Å². The fourth-order valence-corrected chi connectivity index (χ4v) is 2.00. The van der Waals surface area contributed by atoms with E-state index in [-0.39, 0.29) is 0 Å². The summed E-state index contributed by atoms with van der Waals surface area (Å²) in [6, 6.07) is 10.3. The number of nitrogens with two attached hydrogens (primary N) is 1. The molecule has 0 radical (unpaired) electrons. The zero-order chi connectivity index (χ0) is 13.1. The molecule has 0 spiro atoms. The summed E-state index contributed by atoms with van der Waals surface area (Å²) in [5, 5.41) is 13.5. The molecular weight excluding hydrogens is 224 g/mol. The van der Waals surface area contributed by atoms with E-state index in [1.165, 1.54) is 5.56 Å². The molecule has 0 saturated heterocycles. The van der Waals surface area contributed by atoms with E-state index in [4.69, 9.17) is 11.0 Å². The number of rotatable bonds is 3. The minimum Gasteiger partial charge on any atom is -0.383 e. The molecule has 0 aliphatic heterocycles. The molecule has 4 nitrogen and oxygen atoms in total. The molecule has 0 aliphatic carbocycles. The second-order valence-corrected chi connectivity index (χ2v) is 4.32. The normalized spacial score (nSPS) is 10.3. The molecule has 1 aromatic heterocycles. The zero-order valence-electron chi connectivity index (χ0n) is 10.6. The van der Waals surface area contributed by atoms with E-state index < -0.39 is 0 Å².